The van der Waals surface area contributed by atoms with Crippen molar-refractivity contribution in [3.8, 4) is 0 Å². The number of thioether (sulfide) groups is 1. The first-order chi connectivity index (χ1) is 9.27. The summed E-state index contributed by atoms with van der Waals surface area (Å²) in [6.45, 7) is 1.02. The third-order valence-corrected chi connectivity index (χ3v) is 5.29. The SMILES string of the molecule is CN1CCSCC1C(=O)C1CCCc2cccnc21. The molecule has 1 aromatic rings. The second-order valence-corrected chi connectivity index (χ2v) is 6.62. The molecule has 19 heavy (non-hydrogen) atoms. The van der Waals surface area contributed by atoms with E-state index >= 15 is 0 Å². The summed E-state index contributed by atoms with van der Waals surface area (Å²) < 4.78 is 0. The summed E-state index contributed by atoms with van der Waals surface area (Å²) in [5.41, 5.74) is 2.32. The van der Waals surface area contributed by atoms with Gasteiger partial charge in [0, 0.05) is 24.2 Å². The molecule has 0 bridgehead atoms. The lowest BCUT2D eigenvalue weighted by atomic mass is 9.82. The van der Waals surface area contributed by atoms with Crippen LogP contribution in [0.5, 0.6) is 0 Å². The highest BCUT2D eigenvalue weighted by atomic mass is 32.2. The number of carbonyl (C=O) groups excluding carboxylic acids is 1. The standard InChI is InChI=1S/C15H20N2OS/c1-17-8-9-19-10-13(17)15(18)12-6-2-4-11-5-3-7-16-14(11)12/h3,5,7,12-13H,2,4,6,8-10H2,1H3. The molecule has 0 amide bonds. The van der Waals surface area contributed by atoms with Crippen LogP contribution in [-0.2, 0) is 11.2 Å². The van der Waals surface area contributed by atoms with Crippen molar-refractivity contribution in [1.82, 2.24) is 9.88 Å². The molecule has 0 saturated carbocycles. The zero-order valence-electron chi connectivity index (χ0n) is 11.3. The van der Waals surface area contributed by atoms with Gasteiger partial charge in [0.1, 0.15) is 0 Å². The molecule has 1 aliphatic carbocycles. The minimum Gasteiger partial charge on any atom is -0.297 e. The lowest BCUT2D eigenvalue weighted by Crippen LogP contribution is -2.47. The monoisotopic (exact) mass is 276 g/mol. The largest absolute Gasteiger partial charge is 0.297 e. The third kappa shape index (κ3) is 2.56. The number of rotatable bonds is 2. The molecule has 1 aromatic heterocycles. The van der Waals surface area contributed by atoms with E-state index in [-0.39, 0.29) is 12.0 Å². The number of carbonyl (C=O) groups is 1. The summed E-state index contributed by atoms with van der Waals surface area (Å²) in [6, 6.07) is 4.19. The van der Waals surface area contributed by atoms with Crippen molar-refractivity contribution in [2.45, 2.75) is 31.2 Å². The fourth-order valence-corrected chi connectivity index (χ4v) is 4.33. The number of hydrogen-bond donors (Lipinski definition) is 0. The zero-order chi connectivity index (χ0) is 13.2. The summed E-state index contributed by atoms with van der Waals surface area (Å²) in [5.74, 6) is 2.48. The maximum absolute atomic E-state index is 12.8. The maximum atomic E-state index is 12.8. The number of nitrogens with zero attached hydrogens (tertiary/aromatic N) is 2. The molecule has 2 aliphatic rings. The molecule has 1 saturated heterocycles. The molecule has 0 aromatic carbocycles. The summed E-state index contributed by atoms with van der Waals surface area (Å²) in [7, 11) is 2.07. The van der Waals surface area contributed by atoms with Crippen LogP contribution in [-0.4, -0.2) is 46.8 Å². The van der Waals surface area contributed by atoms with Crippen molar-refractivity contribution in [3.05, 3.63) is 29.6 Å². The molecular formula is C15H20N2OS. The Morgan fingerprint density at radius 2 is 2.42 bits per heavy atom. The molecule has 0 N–H and O–H groups in total. The van der Waals surface area contributed by atoms with Crippen molar-refractivity contribution in [2.24, 2.45) is 0 Å². The van der Waals surface area contributed by atoms with Crippen LogP contribution in [0.3, 0.4) is 0 Å². The quantitative estimate of drug-likeness (QED) is 0.828. The van der Waals surface area contributed by atoms with Crippen molar-refractivity contribution in [1.29, 1.82) is 0 Å². The normalized spacial score (nSPS) is 27.8. The zero-order valence-corrected chi connectivity index (χ0v) is 12.2. The Hall–Kier alpha value is -0.870. The van der Waals surface area contributed by atoms with E-state index in [9.17, 15) is 4.79 Å². The van der Waals surface area contributed by atoms with E-state index in [1.54, 1.807) is 0 Å². The molecule has 2 unspecified atom stereocenters. The van der Waals surface area contributed by atoms with Crippen LogP contribution in [0.25, 0.3) is 0 Å². The van der Waals surface area contributed by atoms with Gasteiger partial charge in [0.05, 0.1) is 17.7 Å². The van der Waals surface area contributed by atoms with Crippen LogP contribution in [0.4, 0.5) is 0 Å². The van der Waals surface area contributed by atoms with E-state index in [0.29, 0.717) is 5.78 Å². The first-order valence-electron chi connectivity index (χ1n) is 7.03. The molecule has 3 rings (SSSR count). The minimum atomic E-state index is 0.0242. The van der Waals surface area contributed by atoms with Crippen LogP contribution < -0.4 is 0 Å². The van der Waals surface area contributed by atoms with Crippen molar-refractivity contribution in [2.75, 3.05) is 25.1 Å². The van der Waals surface area contributed by atoms with Crippen LogP contribution >= 0.6 is 11.8 Å². The Balaban J connectivity index is 1.84. The highest BCUT2D eigenvalue weighted by molar-refractivity contribution is 7.99. The molecule has 0 spiro atoms. The highest BCUT2D eigenvalue weighted by Crippen LogP contribution is 2.33. The van der Waals surface area contributed by atoms with Gasteiger partial charge in [0.2, 0.25) is 0 Å². The van der Waals surface area contributed by atoms with Gasteiger partial charge in [0.15, 0.2) is 5.78 Å². The summed E-state index contributed by atoms with van der Waals surface area (Å²) in [4.78, 5) is 19.5. The Morgan fingerprint density at radius 1 is 1.53 bits per heavy atom. The van der Waals surface area contributed by atoms with E-state index in [0.717, 1.165) is 43.0 Å². The molecule has 4 heteroatoms. The van der Waals surface area contributed by atoms with E-state index in [1.807, 2.05) is 24.0 Å². The van der Waals surface area contributed by atoms with Gasteiger partial charge in [-0.25, -0.2) is 0 Å². The molecule has 0 radical (unpaired) electrons. The number of aromatic nitrogens is 1. The fraction of sp³-hybridized carbons (Fsp3) is 0.600. The predicted molar refractivity (Wildman–Crippen MR) is 78.7 cm³/mol. The van der Waals surface area contributed by atoms with Crippen molar-refractivity contribution in [3.63, 3.8) is 0 Å². The van der Waals surface area contributed by atoms with Gasteiger partial charge in [-0.05, 0) is 37.9 Å². The smallest absolute Gasteiger partial charge is 0.159 e. The molecule has 2 heterocycles. The van der Waals surface area contributed by atoms with E-state index < -0.39 is 0 Å². The molecule has 1 fully saturated rings. The maximum Gasteiger partial charge on any atom is 0.159 e. The lowest BCUT2D eigenvalue weighted by molar-refractivity contribution is -0.125. The van der Waals surface area contributed by atoms with Gasteiger partial charge in [-0.1, -0.05) is 6.07 Å². The van der Waals surface area contributed by atoms with Gasteiger partial charge in [-0.2, -0.15) is 11.8 Å². The van der Waals surface area contributed by atoms with Gasteiger partial charge < -0.3 is 0 Å². The van der Waals surface area contributed by atoms with Gasteiger partial charge in [-0.3, -0.25) is 14.7 Å². The number of likely N-dealkylation sites (N-methyl/N-ethyl adjacent to an activating group) is 1. The van der Waals surface area contributed by atoms with Gasteiger partial charge in [0.25, 0.3) is 0 Å². The van der Waals surface area contributed by atoms with Crippen LogP contribution in [0.2, 0.25) is 0 Å². The number of pyridine rings is 1. The average Bonchev–Trinajstić information content (AvgIpc) is 2.46. The summed E-state index contributed by atoms with van der Waals surface area (Å²) >= 11 is 1.90. The molecule has 3 nitrogen and oxygen atoms in total. The molecular weight excluding hydrogens is 256 g/mol. The fourth-order valence-electron chi connectivity index (χ4n) is 3.10. The number of ketones is 1. The summed E-state index contributed by atoms with van der Waals surface area (Å²) in [6.07, 6.45) is 4.97. The summed E-state index contributed by atoms with van der Waals surface area (Å²) in [5, 5.41) is 0. The molecule has 1 aliphatic heterocycles. The first-order valence-corrected chi connectivity index (χ1v) is 8.18. The van der Waals surface area contributed by atoms with E-state index in [4.69, 9.17) is 0 Å². The predicted octanol–water partition coefficient (Wildman–Crippen LogP) is 2.12. The Kier molecular flexibility index (Phi) is 3.89. The van der Waals surface area contributed by atoms with E-state index in [1.165, 1.54) is 5.56 Å². The average molecular weight is 276 g/mol. The molecule has 102 valence electrons. The highest BCUT2D eigenvalue weighted by Gasteiger charge is 2.35. The van der Waals surface area contributed by atoms with Gasteiger partial charge in [-0.15, -0.1) is 0 Å². The topological polar surface area (TPSA) is 33.2 Å². The number of hydrogen-bond acceptors (Lipinski definition) is 4. The third-order valence-electron chi connectivity index (χ3n) is 4.26. The van der Waals surface area contributed by atoms with Crippen LogP contribution in [0.1, 0.15) is 30.0 Å². The minimum absolute atomic E-state index is 0.0242. The lowest BCUT2D eigenvalue weighted by Gasteiger charge is -2.34. The number of Topliss-reactive ketones (excluding diaryl/α,β-unsaturated/α-hetero) is 1. The number of fused-ring (bicyclic) bond motifs is 1. The van der Waals surface area contributed by atoms with Crippen LogP contribution in [0.15, 0.2) is 18.3 Å². The van der Waals surface area contributed by atoms with Crippen molar-refractivity contribution < 1.29 is 4.79 Å². The second-order valence-electron chi connectivity index (χ2n) is 5.47. The number of aryl methyl sites for hydroxylation is 1. The second kappa shape index (κ2) is 5.63. The Morgan fingerprint density at radius 3 is 3.26 bits per heavy atom. The molecule has 2 atom stereocenters. The Labute approximate surface area is 118 Å². The van der Waals surface area contributed by atoms with Crippen LogP contribution in [0, 0.1) is 0 Å². The first kappa shape index (κ1) is 13.1. The Bertz CT molecular complexity index is 477. The van der Waals surface area contributed by atoms with Gasteiger partial charge >= 0.3 is 0 Å². The van der Waals surface area contributed by atoms with E-state index in [2.05, 4.69) is 23.0 Å². The van der Waals surface area contributed by atoms with Crippen molar-refractivity contribution >= 4 is 17.5 Å².